The second-order valence-corrected chi connectivity index (χ2v) is 5.86. The molecule has 0 radical (unpaired) electrons. The van der Waals surface area contributed by atoms with Crippen molar-refractivity contribution < 1.29 is 4.79 Å². The van der Waals surface area contributed by atoms with Gasteiger partial charge in [-0.1, -0.05) is 31.1 Å². The van der Waals surface area contributed by atoms with Gasteiger partial charge in [-0.15, -0.1) is 11.3 Å². The Morgan fingerprint density at radius 2 is 2.21 bits per heavy atom. The van der Waals surface area contributed by atoms with Gasteiger partial charge in [-0.3, -0.25) is 4.79 Å². The summed E-state index contributed by atoms with van der Waals surface area (Å²) in [4.78, 5) is 13.1. The summed E-state index contributed by atoms with van der Waals surface area (Å²) in [7, 11) is 0. The van der Waals surface area contributed by atoms with Crippen LogP contribution in [0.25, 0.3) is 0 Å². The molecule has 1 heterocycles. The van der Waals surface area contributed by atoms with Crippen LogP contribution in [0.1, 0.15) is 42.5 Å². The van der Waals surface area contributed by atoms with Gasteiger partial charge < -0.3 is 11.1 Å². The van der Waals surface area contributed by atoms with Gasteiger partial charge in [-0.25, -0.2) is 0 Å². The van der Waals surface area contributed by atoms with E-state index in [2.05, 4.69) is 17.2 Å². The third-order valence-electron chi connectivity index (χ3n) is 3.40. The molecule has 3 N–H and O–H groups in total. The molecule has 0 saturated heterocycles. The van der Waals surface area contributed by atoms with Crippen LogP contribution in [0.5, 0.6) is 0 Å². The number of rotatable bonds is 3. The van der Waals surface area contributed by atoms with Crippen molar-refractivity contribution in [1.82, 2.24) is 5.32 Å². The minimum absolute atomic E-state index is 0.211. The number of nitrogens with one attached hydrogen (secondary N) is 1. The van der Waals surface area contributed by atoms with Gasteiger partial charge in [0.15, 0.2) is 0 Å². The fraction of sp³-hybridized carbons (Fsp3) is 0.533. The van der Waals surface area contributed by atoms with E-state index in [1.807, 2.05) is 11.4 Å². The molecule has 1 aliphatic carbocycles. The average molecular weight is 276 g/mol. The normalized spacial score (nSPS) is 15.6. The van der Waals surface area contributed by atoms with Crippen molar-refractivity contribution in [3.8, 4) is 11.8 Å². The summed E-state index contributed by atoms with van der Waals surface area (Å²) < 4.78 is 0. The van der Waals surface area contributed by atoms with Gasteiger partial charge in [0, 0.05) is 21.7 Å². The van der Waals surface area contributed by atoms with Crippen molar-refractivity contribution in [2.24, 2.45) is 11.7 Å². The van der Waals surface area contributed by atoms with Gasteiger partial charge >= 0.3 is 0 Å². The van der Waals surface area contributed by atoms with E-state index in [0.29, 0.717) is 13.1 Å². The van der Waals surface area contributed by atoms with Gasteiger partial charge in [-0.2, -0.15) is 0 Å². The zero-order chi connectivity index (χ0) is 13.5. The van der Waals surface area contributed by atoms with E-state index in [-0.39, 0.29) is 11.8 Å². The Labute approximate surface area is 118 Å². The van der Waals surface area contributed by atoms with Crippen LogP contribution in [0, 0.1) is 17.8 Å². The molecule has 4 heteroatoms. The Morgan fingerprint density at radius 3 is 2.95 bits per heavy atom. The maximum absolute atomic E-state index is 12.0. The van der Waals surface area contributed by atoms with Crippen molar-refractivity contribution in [3.63, 3.8) is 0 Å². The van der Waals surface area contributed by atoms with Crippen molar-refractivity contribution >= 4 is 17.2 Å². The molecule has 0 spiro atoms. The Kier molecular flexibility index (Phi) is 5.44. The van der Waals surface area contributed by atoms with Crippen molar-refractivity contribution in [2.45, 2.75) is 38.6 Å². The van der Waals surface area contributed by atoms with Crippen molar-refractivity contribution in [1.29, 1.82) is 0 Å². The summed E-state index contributed by atoms with van der Waals surface area (Å²) >= 11 is 1.63. The molecule has 1 aromatic heterocycles. The molecule has 19 heavy (non-hydrogen) atoms. The molecule has 3 nitrogen and oxygen atoms in total. The molecule has 1 saturated carbocycles. The fourth-order valence-corrected chi connectivity index (χ4v) is 3.13. The second kappa shape index (κ2) is 7.32. The summed E-state index contributed by atoms with van der Waals surface area (Å²) in [6.45, 7) is 0.994. The Hall–Kier alpha value is -1.31. The maximum atomic E-state index is 12.0. The minimum Gasteiger partial charge on any atom is -0.351 e. The van der Waals surface area contributed by atoms with Gasteiger partial charge in [0.05, 0.1) is 13.1 Å². The number of hydrogen-bond acceptors (Lipinski definition) is 3. The van der Waals surface area contributed by atoms with Crippen LogP contribution >= 0.6 is 11.3 Å². The molecule has 1 aromatic rings. The zero-order valence-electron chi connectivity index (χ0n) is 11.1. The molecule has 0 unspecified atom stereocenters. The van der Waals surface area contributed by atoms with Crippen LogP contribution in [-0.4, -0.2) is 12.5 Å². The molecule has 1 aliphatic rings. The van der Waals surface area contributed by atoms with Crippen LogP contribution in [0.4, 0.5) is 0 Å². The molecule has 1 amide bonds. The third kappa shape index (κ3) is 4.38. The Balaban J connectivity index is 1.81. The Bertz CT molecular complexity index is 478. The number of hydrogen-bond donors (Lipinski definition) is 2. The van der Waals surface area contributed by atoms with Crippen LogP contribution < -0.4 is 11.1 Å². The van der Waals surface area contributed by atoms with E-state index >= 15 is 0 Å². The summed E-state index contributed by atoms with van der Waals surface area (Å²) in [5.41, 5.74) is 6.32. The molecular weight excluding hydrogens is 256 g/mol. The zero-order valence-corrected chi connectivity index (χ0v) is 11.9. The lowest BCUT2D eigenvalue weighted by molar-refractivity contribution is -0.126. The Morgan fingerprint density at radius 1 is 1.42 bits per heavy atom. The minimum atomic E-state index is 0.211. The third-order valence-corrected chi connectivity index (χ3v) is 4.34. The van der Waals surface area contributed by atoms with Gasteiger partial charge in [0.1, 0.15) is 0 Å². The number of carbonyl (C=O) groups excluding carboxylic acids is 1. The highest BCUT2D eigenvalue weighted by Gasteiger charge is 2.20. The number of thiophene rings is 1. The molecular formula is C15H20N2OS. The van der Waals surface area contributed by atoms with Gasteiger partial charge in [-0.05, 0) is 18.9 Å². The van der Waals surface area contributed by atoms with Crippen LogP contribution in [0.15, 0.2) is 11.4 Å². The van der Waals surface area contributed by atoms with Crippen LogP contribution in [0.2, 0.25) is 0 Å². The van der Waals surface area contributed by atoms with Gasteiger partial charge in [0.25, 0.3) is 0 Å². The highest BCUT2D eigenvalue weighted by Crippen LogP contribution is 2.23. The first-order valence-corrected chi connectivity index (χ1v) is 7.71. The second-order valence-electron chi connectivity index (χ2n) is 4.86. The lowest BCUT2D eigenvalue weighted by Gasteiger charge is -2.20. The van der Waals surface area contributed by atoms with E-state index < -0.39 is 0 Å². The van der Waals surface area contributed by atoms with Crippen LogP contribution in [0.3, 0.4) is 0 Å². The van der Waals surface area contributed by atoms with Crippen LogP contribution in [-0.2, 0) is 11.3 Å². The van der Waals surface area contributed by atoms with Crippen molar-refractivity contribution in [3.05, 3.63) is 21.9 Å². The predicted molar refractivity (Wildman–Crippen MR) is 78.7 cm³/mol. The fourth-order valence-electron chi connectivity index (χ4n) is 2.38. The number of amides is 1. The van der Waals surface area contributed by atoms with Gasteiger partial charge in [0.2, 0.25) is 5.91 Å². The predicted octanol–water partition coefficient (Wildman–Crippen LogP) is 2.25. The summed E-state index contributed by atoms with van der Waals surface area (Å²) in [6, 6.07) is 2.02. The SMILES string of the molecule is NCC#Cc1csc(CNC(=O)C2CCCCC2)c1. The summed E-state index contributed by atoms with van der Waals surface area (Å²) in [6.07, 6.45) is 5.75. The maximum Gasteiger partial charge on any atom is 0.223 e. The first kappa shape index (κ1) is 14.1. The lowest BCUT2D eigenvalue weighted by Crippen LogP contribution is -2.31. The molecule has 0 aliphatic heterocycles. The topological polar surface area (TPSA) is 55.1 Å². The van der Waals surface area contributed by atoms with E-state index in [9.17, 15) is 4.79 Å². The molecule has 0 bridgehead atoms. The molecule has 0 atom stereocenters. The average Bonchev–Trinajstić information content (AvgIpc) is 2.91. The summed E-state index contributed by atoms with van der Waals surface area (Å²) in [5.74, 6) is 6.27. The molecule has 102 valence electrons. The van der Waals surface area contributed by atoms with E-state index in [4.69, 9.17) is 5.73 Å². The molecule has 1 fully saturated rings. The smallest absolute Gasteiger partial charge is 0.223 e. The number of nitrogens with two attached hydrogens (primary N) is 1. The standard InChI is InChI=1S/C15H20N2OS/c16-8-4-5-12-9-14(19-11-12)10-17-15(18)13-6-2-1-3-7-13/h9,11,13H,1-3,6-8,10,16H2,(H,17,18). The highest BCUT2D eigenvalue weighted by atomic mass is 32.1. The largest absolute Gasteiger partial charge is 0.351 e. The molecule has 2 rings (SSSR count). The van der Waals surface area contributed by atoms with E-state index in [0.717, 1.165) is 23.3 Å². The lowest BCUT2D eigenvalue weighted by atomic mass is 9.89. The quantitative estimate of drug-likeness (QED) is 0.832. The first-order chi connectivity index (χ1) is 9.29. The summed E-state index contributed by atoms with van der Waals surface area (Å²) in [5, 5.41) is 5.04. The molecule has 0 aromatic carbocycles. The number of carbonyl (C=O) groups is 1. The van der Waals surface area contributed by atoms with E-state index in [1.165, 1.54) is 19.3 Å². The van der Waals surface area contributed by atoms with Crippen molar-refractivity contribution in [2.75, 3.05) is 6.54 Å². The first-order valence-electron chi connectivity index (χ1n) is 6.83. The van der Waals surface area contributed by atoms with E-state index in [1.54, 1.807) is 11.3 Å². The monoisotopic (exact) mass is 276 g/mol. The highest BCUT2D eigenvalue weighted by molar-refractivity contribution is 7.10.